The Balaban J connectivity index is 2.37. The molecule has 0 amide bonds. The molecule has 0 saturated carbocycles. The number of benzene rings is 1. The highest BCUT2D eigenvalue weighted by Crippen LogP contribution is 2.47. The third-order valence-electron chi connectivity index (χ3n) is 3.42. The minimum Gasteiger partial charge on any atom is -0.312 e. The van der Waals surface area contributed by atoms with E-state index in [-0.39, 0.29) is 16.6 Å². The fourth-order valence-electron chi connectivity index (χ4n) is 2.55. The van der Waals surface area contributed by atoms with Crippen molar-refractivity contribution >= 4 is 23.4 Å². The predicted molar refractivity (Wildman–Crippen MR) is 73.3 cm³/mol. The van der Waals surface area contributed by atoms with E-state index in [1.807, 2.05) is 18.8 Å². The molecule has 1 aromatic carbocycles. The van der Waals surface area contributed by atoms with E-state index in [4.69, 9.17) is 11.6 Å². The van der Waals surface area contributed by atoms with Crippen LogP contribution in [0.2, 0.25) is 5.02 Å². The Labute approximate surface area is 111 Å². The van der Waals surface area contributed by atoms with Crippen LogP contribution in [-0.2, 0) is 0 Å². The average Bonchev–Trinajstić information content (AvgIpc) is 2.72. The SMILES string of the molecule is CNC(c1cc(F)ccc1Cl)C1(C)CCCS1. The summed E-state index contributed by atoms with van der Waals surface area (Å²) in [6.07, 6.45) is 2.35. The van der Waals surface area contributed by atoms with Gasteiger partial charge in [-0.05, 0) is 56.3 Å². The number of rotatable bonds is 3. The molecule has 2 atom stereocenters. The number of nitrogens with one attached hydrogen (secondary N) is 1. The minimum absolute atomic E-state index is 0.0956. The molecule has 1 saturated heterocycles. The third-order valence-corrected chi connectivity index (χ3v) is 5.35. The number of halogens is 2. The van der Waals surface area contributed by atoms with E-state index < -0.39 is 0 Å². The van der Waals surface area contributed by atoms with Gasteiger partial charge in [0.15, 0.2) is 0 Å². The van der Waals surface area contributed by atoms with Crippen LogP contribution in [-0.4, -0.2) is 17.5 Å². The van der Waals surface area contributed by atoms with Crippen LogP contribution in [0.1, 0.15) is 31.4 Å². The fourth-order valence-corrected chi connectivity index (χ4v) is 4.24. The van der Waals surface area contributed by atoms with E-state index in [2.05, 4.69) is 12.2 Å². The van der Waals surface area contributed by atoms with Crippen molar-refractivity contribution in [1.29, 1.82) is 0 Å². The molecule has 1 nitrogen and oxygen atoms in total. The largest absolute Gasteiger partial charge is 0.312 e. The van der Waals surface area contributed by atoms with Crippen molar-refractivity contribution < 1.29 is 4.39 Å². The van der Waals surface area contributed by atoms with Gasteiger partial charge >= 0.3 is 0 Å². The zero-order valence-electron chi connectivity index (χ0n) is 10.1. The molecule has 0 bridgehead atoms. The molecule has 4 heteroatoms. The molecule has 1 N–H and O–H groups in total. The lowest BCUT2D eigenvalue weighted by Gasteiger charge is -2.34. The van der Waals surface area contributed by atoms with Crippen molar-refractivity contribution in [3.05, 3.63) is 34.6 Å². The van der Waals surface area contributed by atoms with Gasteiger partial charge in [0.25, 0.3) is 0 Å². The molecule has 1 fully saturated rings. The zero-order chi connectivity index (χ0) is 12.5. The van der Waals surface area contributed by atoms with Crippen LogP contribution in [0.15, 0.2) is 18.2 Å². The maximum atomic E-state index is 13.4. The monoisotopic (exact) mass is 273 g/mol. The molecule has 0 aromatic heterocycles. The maximum Gasteiger partial charge on any atom is 0.123 e. The normalized spacial score (nSPS) is 26.1. The van der Waals surface area contributed by atoms with Gasteiger partial charge in [-0.3, -0.25) is 0 Å². The van der Waals surface area contributed by atoms with Crippen molar-refractivity contribution in [2.75, 3.05) is 12.8 Å². The Kier molecular flexibility index (Phi) is 4.01. The van der Waals surface area contributed by atoms with Gasteiger partial charge in [-0.15, -0.1) is 0 Å². The van der Waals surface area contributed by atoms with Crippen LogP contribution < -0.4 is 5.32 Å². The molecular weight excluding hydrogens is 257 g/mol. The van der Waals surface area contributed by atoms with E-state index >= 15 is 0 Å². The van der Waals surface area contributed by atoms with Gasteiger partial charge in [0.05, 0.1) is 0 Å². The van der Waals surface area contributed by atoms with Crippen LogP contribution in [0.5, 0.6) is 0 Å². The molecule has 2 unspecified atom stereocenters. The Hall–Kier alpha value is -0.250. The summed E-state index contributed by atoms with van der Waals surface area (Å²) in [5.41, 5.74) is 0.867. The highest BCUT2D eigenvalue weighted by Gasteiger charge is 2.38. The van der Waals surface area contributed by atoms with Crippen LogP contribution in [0.4, 0.5) is 4.39 Å². The van der Waals surface area contributed by atoms with Gasteiger partial charge in [-0.1, -0.05) is 11.6 Å². The predicted octanol–water partition coefficient (Wildman–Crippen LogP) is 4.03. The Morgan fingerprint density at radius 2 is 2.29 bits per heavy atom. The van der Waals surface area contributed by atoms with E-state index in [9.17, 15) is 4.39 Å². The molecule has 2 rings (SSSR count). The van der Waals surface area contributed by atoms with Crippen LogP contribution >= 0.6 is 23.4 Å². The van der Waals surface area contributed by atoms with Crippen molar-refractivity contribution in [2.45, 2.75) is 30.6 Å². The topological polar surface area (TPSA) is 12.0 Å². The molecule has 0 aliphatic carbocycles. The third kappa shape index (κ3) is 2.61. The van der Waals surface area contributed by atoms with Gasteiger partial charge in [0.1, 0.15) is 5.82 Å². The van der Waals surface area contributed by atoms with E-state index in [0.717, 1.165) is 12.0 Å². The summed E-state index contributed by atoms with van der Waals surface area (Å²) in [6, 6.07) is 4.69. The number of hydrogen-bond acceptors (Lipinski definition) is 2. The molecule has 17 heavy (non-hydrogen) atoms. The van der Waals surface area contributed by atoms with E-state index in [0.29, 0.717) is 5.02 Å². The van der Waals surface area contributed by atoms with E-state index in [1.54, 1.807) is 12.1 Å². The lowest BCUT2D eigenvalue weighted by atomic mass is 9.90. The van der Waals surface area contributed by atoms with Crippen molar-refractivity contribution in [3.8, 4) is 0 Å². The summed E-state index contributed by atoms with van der Waals surface area (Å²) >= 11 is 8.14. The smallest absolute Gasteiger partial charge is 0.123 e. The van der Waals surface area contributed by atoms with Crippen LogP contribution in [0.25, 0.3) is 0 Å². The van der Waals surface area contributed by atoms with Gasteiger partial charge in [0, 0.05) is 15.8 Å². The molecule has 1 aromatic rings. The number of thioether (sulfide) groups is 1. The van der Waals surface area contributed by atoms with E-state index in [1.165, 1.54) is 18.2 Å². The first-order valence-electron chi connectivity index (χ1n) is 5.83. The number of hydrogen-bond donors (Lipinski definition) is 1. The molecule has 1 aliphatic heterocycles. The second-order valence-electron chi connectivity index (χ2n) is 4.65. The van der Waals surface area contributed by atoms with Crippen molar-refractivity contribution in [1.82, 2.24) is 5.32 Å². The molecule has 0 radical (unpaired) electrons. The zero-order valence-corrected chi connectivity index (χ0v) is 11.7. The minimum atomic E-state index is -0.226. The fraction of sp³-hybridized carbons (Fsp3) is 0.538. The summed E-state index contributed by atoms with van der Waals surface area (Å²) in [5, 5.41) is 3.94. The van der Waals surface area contributed by atoms with Crippen molar-refractivity contribution in [3.63, 3.8) is 0 Å². The van der Waals surface area contributed by atoms with Gasteiger partial charge in [0.2, 0.25) is 0 Å². The summed E-state index contributed by atoms with van der Waals surface area (Å²) in [7, 11) is 1.91. The molecular formula is C13H17ClFNS. The van der Waals surface area contributed by atoms with Crippen LogP contribution in [0.3, 0.4) is 0 Å². The standard InChI is InChI=1S/C13H17ClFNS/c1-13(6-3-7-17-13)12(16-2)10-8-9(15)4-5-11(10)14/h4-5,8,12,16H,3,6-7H2,1-2H3. The molecule has 0 spiro atoms. The summed E-state index contributed by atoms with van der Waals surface area (Å²) in [5.74, 6) is 0.943. The molecule has 1 heterocycles. The van der Waals surface area contributed by atoms with Gasteiger partial charge in [-0.2, -0.15) is 11.8 Å². The first-order chi connectivity index (χ1) is 8.07. The second-order valence-corrected chi connectivity index (χ2v) is 6.69. The summed E-state index contributed by atoms with van der Waals surface area (Å²) in [4.78, 5) is 0. The quantitative estimate of drug-likeness (QED) is 0.893. The average molecular weight is 274 g/mol. The van der Waals surface area contributed by atoms with Gasteiger partial charge < -0.3 is 5.32 Å². The Morgan fingerprint density at radius 1 is 1.53 bits per heavy atom. The van der Waals surface area contributed by atoms with Crippen molar-refractivity contribution in [2.24, 2.45) is 0 Å². The van der Waals surface area contributed by atoms with Gasteiger partial charge in [-0.25, -0.2) is 4.39 Å². The Bertz CT molecular complexity index is 404. The summed E-state index contributed by atoms with van der Waals surface area (Å²) in [6.45, 7) is 2.23. The first-order valence-corrected chi connectivity index (χ1v) is 7.19. The Morgan fingerprint density at radius 3 is 2.88 bits per heavy atom. The second kappa shape index (κ2) is 5.17. The maximum absolute atomic E-state index is 13.4. The first kappa shape index (κ1) is 13.2. The highest BCUT2D eigenvalue weighted by molar-refractivity contribution is 8.00. The molecule has 94 valence electrons. The summed E-state index contributed by atoms with van der Waals surface area (Å²) < 4.78 is 13.5. The molecule has 1 aliphatic rings. The lowest BCUT2D eigenvalue weighted by molar-refractivity contribution is 0.439. The lowest BCUT2D eigenvalue weighted by Crippen LogP contribution is -2.35. The highest BCUT2D eigenvalue weighted by atomic mass is 35.5. The van der Waals surface area contributed by atoms with Crippen LogP contribution in [0, 0.1) is 5.82 Å².